The van der Waals surface area contributed by atoms with Crippen LogP contribution in [0.25, 0.3) is 10.8 Å². The van der Waals surface area contributed by atoms with E-state index in [9.17, 15) is 19.5 Å². The summed E-state index contributed by atoms with van der Waals surface area (Å²) in [7, 11) is 0. The monoisotopic (exact) mass is 587 g/mol. The van der Waals surface area contributed by atoms with Gasteiger partial charge in [0.05, 0.1) is 0 Å². The molecule has 1 aliphatic rings. The molecule has 1 aliphatic heterocycles. The van der Waals surface area contributed by atoms with Crippen LogP contribution in [-0.4, -0.2) is 37.9 Å². The van der Waals surface area contributed by atoms with Gasteiger partial charge in [-0.25, -0.2) is 0 Å². The molecule has 0 aliphatic carbocycles. The van der Waals surface area contributed by atoms with E-state index in [1.54, 1.807) is 12.1 Å². The molecule has 35 heavy (non-hydrogen) atoms. The molecular formula is C27H30IN3O4. The SMILES string of the molecule is Cc1cccc(I2CC2)c1NC(=O)Nc1cc2ccccc2cc1C(=O)N[C@@H](CC(C)C)C(=O)O. The maximum absolute atomic E-state index is 13.2. The first-order chi connectivity index (χ1) is 16.7. The van der Waals surface area contributed by atoms with Gasteiger partial charge in [-0.1, -0.05) is 13.8 Å². The van der Waals surface area contributed by atoms with Gasteiger partial charge in [0.2, 0.25) is 0 Å². The molecule has 4 rings (SSSR count). The number of carboxylic acid groups (broad SMARTS) is 1. The van der Waals surface area contributed by atoms with Gasteiger partial charge in [0, 0.05) is 0 Å². The Bertz CT molecular complexity index is 1290. The predicted molar refractivity (Wildman–Crippen MR) is 149 cm³/mol. The van der Waals surface area contributed by atoms with Gasteiger partial charge in [-0.2, -0.15) is 0 Å². The van der Waals surface area contributed by atoms with Crippen molar-refractivity contribution in [2.75, 3.05) is 19.5 Å². The van der Waals surface area contributed by atoms with E-state index >= 15 is 0 Å². The van der Waals surface area contributed by atoms with Crippen LogP contribution in [0.3, 0.4) is 0 Å². The first kappa shape index (κ1) is 25.0. The molecule has 184 valence electrons. The van der Waals surface area contributed by atoms with E-state index in [0.717, 1.165) is 22.0 Å². The van der Waals surface area contributed by atoms with Crippen LogP contribution in [0, 0.1) is 16.4 Å². The average molecular weight is 587 g/mol. The number of halogens is 1. The molecule has 8 heteroatoms. The zero-order valence-corrected chi connectivity index (χ0v) is 22.2. The number of rotatable bonds is 8. The quantitative estimate of drug-likeness (QED) is 0.200. The molecule has 3 amide bonds. The van der Waals surface area contributed by atoms with Crippen LogP contribution in [-0.2, 0) is 4.79 Å². The maximum atomic E-state index is 13.2. The zero-order valence-electron chi connectivity index (χ0n) is 20.0. The van der Waals surface area contributed by atoms with Gasteiger partial charge in [-0.05, 0) is 0 Å². The molecule has 7 nitrogen and oxygen atoms in total. The predicted octanol–water partition coefficient (Wildman–Crippen LogP) is 5.71. The summed E-state index contributed by atoms with van der Waals surface area (Å²) in [5.74, 6) is -1.53. The third-order valence-electron chi connectivity index (χ3n) is 5.82. The number of hydrogen-bond acceptors (Lipinski definition) is 3. The van der Waals surface area contributed by atoms with E-state index in [1.165, 1.54) is 12.4 Å². The van der Waals surface area contributed by atoms with Crippen LogP contribution in [0.15, 0.2) is 54.6 Å². The van der Waals surface area contributed by atoms with Crippen LogP contribution in [0.2, 0.25) is 0 Å². The first-order valence-electron chi connectivity index (χ1n) is 11.6. The number of fused-ring (bicyclic) bond motifs is 1. The van der Waals surface area contributed by atoms with Crippen molar-refractivity contribution in [2.24, 2.45) is 5.92 Å². The van der Waals surface area contributed by atoms with E-state index in [2.05, 4.69) is 22.0 Å². The van der Waals surface area contributed by atoms with Crippen LogP contribution >= 0.6 is 19.8 Å². The van der Waals surface area contributed by atoms with Crippen LogP contribution in [0.1, 0.15) is 36.2 Å². The van der Waals surface area contributed by atoms with Crippen molar-refractivity contribution in [3.63, 3.8) is 0 Å². The van der Waals surface area contributed by atoms with Gasteiger partial charge in [-0.15, -0.1) is 0 Å². The molecule has 1 fully saturated rings. The molecule has 4 N–H and O–H groups in total. The number of carboxylic acids is 1. The molecule has 3 aromatic rings. The number of amides is 3. The molecule has 0 radical (unpaired) electrons. The van der Waals surface area contributed by atoms with Crippen LogP contribution < -0.4 is 16.0 Å². The number of alkyl halides is 2. The number of carbonyl (C=O) groups is 3. The number of aliphatic carboxylic acids is 1. The average Bonchev–Trinajstić information content (AvgIpc) is 3.64. The minimum absolute atomic E-state index is 0.0927. The molecular weight excluding hydrogens is 557 g/mol. The summed E-state index contributed by atoms with van der Waals surface area (Å²) in [6.07, 6.45) is 0.305. The Morgan fingerprint density at radius 2 is 1.66 bits per heavy atom. The zero-order chi connectivity index (χ0) is 25.1. The Balaban J connectivity index is 1.63. The topological polar surface area (TPSA) is 108 Å². The Labute approximate surface area is 212 Å². The Kier molecular flexibility index (Phi) is 7.59. The number of hydrogen-bond donors (Lipinski definition) is 4. The van der Waals surface area contributed by atoms with Crippen molar-refractivity contribution >= 4 is 59.9 Å². The fourth-order valence-corrected chi connectivity index (χ4v) is 8.75. The molecule has 1 atom stereocenters. The molecule has 0 saturated carbocycles. The summed E-state index contributed by atoms with van der Waals surface area (Å²) in [5.41, 5.74) is 2.42. The third-order valence-corrected chi connectivity index (χ3v) is 10.5. The molecule has 0 aromatic heterocycles. The first-order valence-corrected chi connectivity index (χ1v) is 15.7. The number of para-hydroxylation sites is 1. The minimum atomic E-state index is -1.13. The van der Waals surface area contributed by atoms with Gasteiger partial charge in [0.25, 0.3) is 0 Å². The molecule has 1 saturated heterocycles. The van der Waals surface area contributed by atoms with Gasteiger partial charge >= 0.3 is 199 Å². The van der Waals surface area contributed by atoms with Gasteiger partial charge in [0.1, 0.15) is 0 Å². The van der Waals surface area contributed by atoms with Crippen molar-refractivity contribution in [3.05, 3.63) is 69.3 Å². The summed E-state index contributed by atoms with van der Waals surface area (Å²) >= 11 is -1.13. The Morgan fingerprint density at radius 3 is 2.29 bits per heavy atom. The van der Waals surface area contributed by atoms with Crippen molar-refractivity contribution in [1.29, 1.82) is 0 Å². The van der Waals surface area contributed by atoms with Gasteiger partial charge in [0.15, 0.2) is 0 Å². The molecule has 3 aromatic carbocycles. The number of urea groups is 1. The van der Waals surface area contributed by atoms with Crippen LogP contribution in [0.5, 0.6) is 0 Å². The van der Waals surface area contributed by atoms with E-state index in [-0.39, 0.29) is 11.5 Å². The number of benzene rings is 3. The summed E-state index contributed by atoms with van der Waals surface area (Å²) in [4.78, 5) is 38.0. The fraction of sp³-hybridized carbons (Fsp3) is 0.296. The summed E-state index contributed by atoms with van der Waals surface area (Å²) in [6, 6.07) is 15.6. The van der Waals surface area contributed by atoms with Crippen molar-refractivity contribution in [3.8, 4) is 0 Å². The summed E-state index contributed by atoms with van der Waals surface area (Å²) in [5, 5.41) is 19.7. The Morgan fingerprint density at radius 1 is 0.971 bits per heavy atom. The number of anilines is 2. The second kappa shape index (κ2) is 10.6. The van der Waals surface area contributed by atoms with Crippen molar-refractivity contribution in [2.45, 2.75) is 33.2 Å². The van der Waals surface area contributed by atoms with Crippen LogP contribution in [0.4, 0.5) is 16.2 Å². The summed E-state index contributed by atoms with van der Waals surface area (Å²) < 4.78 is 3.80. The van der Waals surface area contributed by atoms with Gasteiger partial charge < -0.3 is 0 Å². The normalized spacial score (nSPS) is 14.5. The molecule has 1 heterocycles. The van der Waals surface area contributed by atoms with E-state index < -0.39 is 43.8 Å². The third kappa shape index (κ3) is 6.11. The number of carbonyl (C=O) groups excluding carboxylic acids is 2. The van der Waals surface area contributed by atoms with E-state index in [0.29, 0.717) is 12.1 Å². The van der Waals surface area contributed by atoms with Crippen molar-refractivity contribution in [1.82, 2.24) is 5.32 Å². The summed E-state index contributed by atoms with van der Waals surface area (Å²) in [6.45, 7) is 5.79. The molecule has 0 spiro atoms. The second-order valence-corrected chi connectivity index (χ2v) is 15.0. The number of nitrogens with one attached hydrogen (secondary N) is 3. The fourth-order valence-electron chi connectivity index (χ4n) is 3.98. The Hall–Kier alpha value is -3.14. The van der Waals surface area contributed by atoms with E-state index in [4.69, 9.17) is 0 Å². The molecule has 0 unspecified atom stereocenters. The second-order valence-electron chi connectivity index (χ2n) is 9.08. The van der Waals surface area contributed by atoms with E-state index in [1.807, 2.05) is 57.2 Å². The van der Waals surface area contributed by atoms with Gasteiger partial charge in [-0.3, -0.25) is 0 Å². The number of aryl methyl sites for hydroxylation is 1. The molecule has 0 bridgehead atoms. The standard InChI is InChI=1S/C27H30IN3O4/c1-16(2)13-23(26(33)34)29-25(32)20-14-18-8-4-5-9-19(18)15-22(20)30-27(35)31-24-17(3)7-6-10-21(24)28-11-12-28/h4-10,14-16,23H,11-13H2,1-3H3,(H,29,32)(H,33,34)(H2,30,31,35)/t23-/m0/s1. The van der Waals surface area contributed by atoms with Crippen molar-refractivity contribution < 1.29 is 19.5 Å².